The molecule has 1 unspecified atom stereocenters. The monoisotopic (exact) mass is 268 g/mol. The number of hydrogen-bond acceptors (Lipinski definition) is 3. The Labute approximate surface area is 105 Å². The van der Waals surface area contributed by atoms with Crippen molar-refractivity contribution in [2.75, 3.05) is 5.75 Å². The lowest BCUT2D eigenvalue weighted by Gasteiger charge is -2.00. The summed E-state index contributed by atoms with van der Waals surface area (Å²) in [6, 6.07) is 8.83. The van der Waals surface area contributed by atoms with Crippen molar-refractivity contribution in [1.82, 2.24) is 0 Å². The van der Waals surface area contributed by atoms with Crippen molar-refractivity contribution in [3.05, 3.63) is 52.5 Å². The lowest BCUT2D eigenvalue weighted by Crippen LogP contribution is -2.09. The lowest BCUT2D eigenvalue weighted by molar-refractivity contribution is 0.102. The highest BCUT2D eigenvalue weighted by Gasteiger charge is 2.12. The topological polar surface area (TPSA) is 34.1 Å². The van der Waals surface area contributed by atoms with Crippen LogP contribution in [0.2, 0.25) is 0 Å². The van der Waals surface area contributed by atoms with E-state index in [-0.39, 0.29) is 17.4 Å². The molecule has 0 aliphatic rings. The molecule has 0 N–H and O–H groups in total. The van der Waals surface area contributed by atoms with E-state index in [1.807, 2.05) is 0 Å². The number of benzene rings is 1. The third-order valence-corrected chi connectivity index (χ3v) is 4.37. The maximum Gasteiger partial charge on any atom is 0.185 e. The molecule has 1 atom stereocenters. The summed E-state index contributed by atoms with van der Waals surface area (Å²) < 4.78 is 24.5. The van der Waals surface area contributed by atoms with Crippen LogP contribution in [0.25, 0.3) is 0 Å². The highest BCUT2D eigenvalue weighted by molar-refractivity contribution is 7.85. The zero-order valence-corrected chi connectivity index (χ0v) is 10.4. The average Bonchev–Trinajstić information content (AvgIpc) is 2.83. The number of rotatable bonds is 4. The standard InChI is InChI=1S/C12H9FO2S2/c13-9-3-5-10(6-4-9)17(15)8-11(14)12-2-1-7-16-12/h1-7H,8H2. The van der Waals surface area contributed by atoms with Crippen LogP contribution >= 0.6 is 11.3 Å². The first-order valence-corrected chi connectivity index (χ1v) is 7.07. The van der Waals surface area contributed by atoms with Crippen molar-refractivity contribution in [3.63, 3.8) is 0 Å². The van der Waals surface area contributed by atoms with E-state index >= 15 is 0 Å². The van der Waals surface area contributed by atoms with Gasteiger partial charge >= 0.3 is 0 Å². The van der Waals surface area contributed by atoms with Gasteiger partial charge in [-0.3, -0.25) is 9.00 Å². The maximum absolute atomic E-state index is 12.7. The van der Waals surface area contributed by atoms with E-state index in [9.17, 15) is 13.4 Å². The second-order valence-electron chi connectivity index (χ2n) is 3.34. The van der Waals surface area contributed by atoms with Crippen molar-refractivity contribution >= 4 is 27.9 Å². The van der Waals surface area contributed by atoms with Crippen molar-refractivity contribution in [1.29, 1.82) is 0 Å². The van der Waals surface area contributed by atoms with Crippen molar-refractivity contribution in [2.45, 2.75) is 4.90 Å². The number of hydrogen-bond donors (Lipinski definition) is 0. The fourth-order valence-electron chi connectivity index (χ4n) is 1.30. The van der Waals surface area contributed by atoms with Crippen LogP contribution in [0.15, 0.2) is 46.7 Å². The molecule has 1 aromatic carbocycles. The van der Waals surface area contributed by atoms with Gasteiger partial charge in [0.25, 0.3) is 0 Å². The SMILES string of the molecule is O=C(CS(=O)c1ccc(F)cc1)c1cccs1. The Balaban J connectivity index is 2.07. The Morgan fingerprint density at radius 2 is 1.94 bits per heavy atom. The van der Waals surface area contributed by atoms with Crippen LogP contribution < -0.4 is 0 Å². The van der Waals surface area contributed by atoms with E-state index in [0.29, 0.717) is 9.77 Å². The molecule has 1 heterocycles. The highest BCUT2D eigenvalue weighted by Crippen LogP contribution is 2.13. The fourth-order valence-corrected chi connectivity index (χ4v) is 3.05. The summed E-state index contributed by atoms with van der Waals surface area (Å²) in [6.07, 6.45) is 0. The van der Waals surface area contributed by atoms with Gasteiger partial charge in [-0.2, -0.15) is 0 Å². The minimum absolute atomic E-state index is 0.0633. The Hall–Kier alpha value is -1.33. The smallest absolute Gasteiger partial charge is 0.185 e. The molecule has 2 aromatic rings. The number of carbonyl (C=O) groups is 1. The summed E-state index contributed by atoms with van der Waals surface area (Å²) in [4.78, 5) is 12.8. The Morgan fingerprint density at radius 1 is 1.24 bits per heavy atom. The van der Waals surface area contributed by atoms with Gasteiger partial charge < -0.3 is 0 Å². The minimum atomic E-state index is -1.42. The lowest BCUT2D eigenvalue weighted by atomic mass is 10.3. The van der Waals surface area contributed by atoms with E-state index < -0.39 is 10.8 Å². The van der Waals surface area contributed by atoms with E-state index in [1.54, 1.807) is 17.5 Å². The maximum atomic E-state index is 12.7. The molecule has 0 aliphatic heterocycles. The van der Waals surface area contributed by atoms with Crippen molar-refractivity contribution < 1.29 is 13.4 Å². The third kappa shape index (κ3) is 3.08. The van der Waals surface area contributed by atoms with Gasteiger partial charge in [0.1, 0.15) is 5.82 Å². The normalized spacial score (nSPS) is 12.3. The molecular weight excluding hydrogens is 259 g/mol. The van der Waals surface area contributed by atoms with Gasteiger partial charge in [-0.1, -0.05) is 6.07 Å². The van der Waals surface area contributed by atoms with Crippen LogP contribution in [-0.2, 0) is 10.8 Å². The Bertz CT molecular complexity index is 532. The minimum Gasteiger partial charge on any atom is -0.292 e. The second-order valence-corrected chi connectivity index (χ2v) is 5.74. The average molecular weight is 268 g/mol. The molecule has 0 saturated heterocycles. The molecular formula is C12H9FO2S2. The van der Waals surface area contributed by atoms with Crippen LogP contribution in [0.4, 0.5) is 4.39 Å². The molecule has 88 valence electrons. The van der Waals surface area contributed by atoms with E-state index in [0.717, 1.165) is 0 Å². The van der Waals surface area contributed by atoms with Gasteiger partial charge in [0.2, 0.25) is 0 Å². The van der Waals surface area contributed by atoms with Crippen LogP contribution in [0.3, 0.4) is 0 Å². The molecule has 0 amide bonds. The van der Waals surface area contributed by atoms with Gasteiger partial charge in [0, 0.05) is 4.90 Å². The van der Waals surface area contributed by atoms with Gasteiger partial charge in [0.05, 0.1) is 21.4 Å². The van der Waals surface area contributed by atoms with Gasteiger partial charge in [0.15, 0.2) is 5.78 Å². The molecule has 0 spiro atoms. The predicted molar refractivity (Wildman–Crippen MR) is 66.3 cm³/mol. The summed E-state index contributed by atoms with van der Waals surface area (Å²) in [5, 5.41) is 1.80. The molecule has 0 bridgehead atoms. The first-order valence-electron chi connectivity index (χ1n) is 4.87. The van der Waals surface area contributed by atoms with Crippen LogP contribution in [0, 0.1) is 5.82 Å². The first-order chi connectivity index (χ1) is 8.16. The molecule has 0 fully saturated rings. The zero-order chi connectivity index (χ0) is 12.3. The summed E-state index contributed by atoms with van der Waals surface area (Å²) in [5.74, 6) is -0.593. The summed E-state index contributed by atoms with van der Waals surface area (Å²) in [6.45, 7) is 0. The fraction of sp³-hybridized carbons (Fsp3) is 0.0833. The Kier molecular flexibility index (Phi) is 3.81. The van der Waals surface area contributed by atoms with Crippen molar-refractivity contribution in [2.24, 2.45) is 0 Å². The van der Waals surface area contributed by atoms with Gasteiger partial charge in [-0.05, 0) is 35.7 Å². The molecule has 1 aromatic heterocycles. The highest BCUT2D eigenvalue weighted by atomic mass is 32.2. The number of Topliss-reactive ketones (excluding diaryl/α,β-unsaturated/α-hetero) is 1. The van der Waals surface area contributed by atoms with Crippen molar-refractivity contribution in [3.8, 4) is 0 Å². The van der Waals surface area contributed by atoms with E-state index in [1.165, 1.54) is 35.6 Å². The van der Waals surface area contributed by atoms with E-state index in [2.05, 4.69) is 0 Å². The number of carbonyl (C=O) groups excluding carboxylic acids is 1. The number of ketones is 1. The quantitative estimate of drug-likeness (QED) is 0.799. The summed E-state index contributed by atoms with van der Waals surface area (Å²) in [5.41, 5.74) is 0. The first kappa shape index (κ1) is 12.1. The Morgan fingerprint density at radius 3 is 2.53 bits per heavy atom. The molecule has 17 heavy (non-hydrogen) atoms. The largest absolute Gasteiger partial charge is 0.292 e. The van der Waals surface area contributed by atoms with Crippen LogP contribution in [0.1, 0.15) is 9.67 Å². The van der Waals surface area contributed by atoms with Gasteiger partial charge in [-0.15, -0.1) is 11.3 Å². The number of thiophene rings is 1. The molecule has 2 nitrogen and oxygen atoms in total. The third-order valence-electron chi connectivity index (χ3n) is 2.13. The predicted octanol–water partition coefficient (Wildman–Crippen LogP) is 2.88. The number of halogens is 1. The van der Waals surface area contributed by atoms with E-state index in [4.69, 9.17) is 0 Å². The second kappa shape index (κ2) is 5.33. The van der Waals surface area contributed by atoms with Gasteiger partial charge in [-0.25, -0.2) is 4.39 Å². The summed E-state index contributed by atoms with van der Waals surface area (Å²) in [7, 11) is -1.42. The molecule has 2 rings (SSSR count). The molecule has 0 saturated carbocycles. The molecule has 0 aliphatic carbocycles. The van der Waals surface area contributed by atoms with Crippen LogP contribution in [0.5, 0.6) is 0 Å². The summed E-state index contributed by atoms with van der Waals surface area (Å²) >= 11 is 1.33. The molecule has 0 radical (unpaired) electrons. The molecule has 5 heteroatoms. The van der Waals surface area contributed by atoms with Crippen LogP contribution in [-0.4, -0.2) is 15.7 Å². The zero-order valence-electron chi connectivity index (χ0n) is 8.76.